The number of likely N-dealkylation sites (tertiary alicyclic amines) is 1. The first-order valence-electron chi connectivity index (χ1n) is 9.49. The third-order valence-corrected chi connectivity index (χ3v) is 5.39. The molecule has 0 aromatic heterocycles. The number of aryl methyl sites for hydroxylation is 1. The highest BCUT2D eigenvalue weighted by Gasteiger charge is 2.25. The standard InChI is InChI=1S/C21H25BFNO3/c1-2-15-4-3-5-17(12-15)16-8-10-24(11-9-16)21(25)14-18-13-19(22(26)27)6-7-20(18)23/h3-7,12-13,16,26-27H,2,8-11,14H2,1H3. The average Bonchev–Trinajstić information content (AvgIpc) is 2.69. The molecule has 0 aliphatic carbocycles. The Labute approximate surface area is 159 Å². The first kappa shape index (κ1) is 19.6. The summed E-state index contributed by atoms with van der Waals surface area (Å²) >= 11 is 0. The summed E-state index contributed by atoms with van der Waals surface area (Å²) < 4.78 is 14.0. The molecule has 2 N–H and O–H groups in total. The van der Waals surface area contributed by atoms with E-state index >= 15 is 0 Å². The number of nitrogens with zero attached hydrogens (tertiary/aromatic N) is 1. The summed E-state index contributed by atoms with van der Waals surface area (Å²) in [6.45, 7) is 3.46. The minimum Gasteiger partial charge on any atom is -0.423 e. The lowest BCUT2D eigenvalue weighted by Crippen LogP contribution is -2.39. The van der Waals surface area contributed by atoms with Crippen molar-refractivity contribution in [2.45, 2.75) is 38.5 Å². The molecule has 0 radical (unpaired) electrons. The minimum absolute atomic E-state index is 0.0671. The van der Waals surface area contributed by atoms with E-state index in [1.165, 1.54) is 29.3 Å². The number of amides is 1. The molecule has 1 heterocycles. The van der Waals surface area contributed by atoms with Crippen molar-refractivity contribution >= 4 is 18.5 Å². The van der Waals surface area contributed by atoms with Crippen molar-refractivity contribution in [2.75, 3.05) is 13.1 Å². The van der Waals surface area contributed by atoms with Crippen LogP contribution in [0.15, 0.2) is 42.5 Å². The molecule has 1 saturated heterocycles. The highest BCUT2D eigenvalue weighted by atomic mass is 19.1. The molecular weight excluding hydrogens is 344 g/mol. The Morgan fingerprint density at radius 3 is 2.59 bits per heavy atom. The maximum atomic E-state index is 14.0. The first-order chi connectivity index (χ1) is 13.0. The molecule has 0 atom stereocenters. The number of carbonyl (C=O) groups is 1. The van der Waals surface area contributed by atoms with Crippen molar-refractivity contribution < 1.29 is 19.2 Å². The van der Waals surface area contributed by atoms with Crippen LogP contribution < -0.4 is 5.46 Å². The third kappa shape index (κ3) is 4.76. The van der Waals surface area contributed by atoms with E-state index in [1.54, 1.807) is 4.90 Å². The van der Waals surface area contributed by atoms with Crippen molar-refractivity contribution in [2.24, 2.45) is 0 Å². The van der Waals surface area contributed by atoms with Crippen LogP contribution in [0.25, 0.3) is 0 Å². The topological polar surface area (TPSA) is 60.8 Å². The second-order valence-electron chi connectivity index (χ2n) is 7.15. The summed E-state index contributed by atoms with van der Waals surface area (Å²) in [5, 5.41) is 18.5. The molecular formula is C21H25BFNO3. The minimum atomic E-state index is -1.67. The van der Waals surface area contributed by atoms with Gasteiger partial charge in [0.05, 0.1) is 6.42 Å². The van der Waals surface area contributed by atoms with Crippen LogP contribution >= 0.6 is 0 Å². The van der Waals surface area contributed by atoms with Gasteiger partial charge in [-0.2, -0.15) is 0 Å². The van der Waals surface area contributed by atoms with Gasteiger partial charge in [0.2, 0.25) is 5.91 Å². The number of hydrogen-bond acceptors (Lipinski definition) is 3. The van der Waals surface area contributed by atoms with Crippen molar-refractivity contribution in [3.8, 4) is 0 Å². The Morgan fingerprint density at radius 1 is 1.19 bits per heavy atom. The molecule has 1 aliphatic rings. The second kappa shape index (κ2) is 8.68. The molecule has 2 aromatic rings. The van der Waals surface area contributed by atoms with Gasteiger partial charge in [-0.05, 0) is 53.4 Å². The summed E-state index contributed by atoms with van der Waals surface area (Å²) in [5.74, 6) is -0.177. The van der Waals surface area contributed by atoms with Crippen LogP contribution in [0.2, 0.25) is 0 Å². The van der Waals surface area contributed by atoms with E-state index in [0.29, 0.717) is 19.0 Å². The summed E-state index contributed by atoms with van der Waals surface area (Å²) in [4.78, 5) is 14.4. The van der Waals surface area contributed by atoms with Gasteiger partial charge >= 0.3 is 7.12 Å². The van der Waals surface area contributed by atoms with Crippen molar-refractivity contribution in [1.82, 2.24) is 4.90 Å². The number of carbonyl (C=O) groups excluding carboxylic acids is 1. The molecule has 0 spiro atoms. The molecule has 2 aromatic carbocycles. The van der Waals surface area contributed by atoms with Crippen LogP contribution in [0.1, 0.15) is 42.4 Å². The fourth-order valence-electron chi connectivity index (χ4n) is 3.69. The monoisotopic (exact) mass is 369 g/mol. The maximum Gasteiger partial charge on any atom is 0.488 e. The van der Waals surface area contributed by atoms with E-state index in [0.717, 1.165) is 19.3 Å². The van der Waals surface area contributed by atoms with E-state index in [-0.39, 0.29) is 23.4 Å². The van der Waals surface area contributed by atoms with E-state index in [9.17, 15) is 19.2 Å². The van der Waals surface area contributed by atoms with Crippen molar-refractivity contribution in [3.05, 3.63) is 65.0 Å². The molecule has 4 nitrogen and oxygen atoms in total. The van der Waals surface area contributed by atoms with Gasteiger partial charge < -0.3 is 14.9 Å². The maximum absolute atomic E-state index is 14.0. The molecule has 1 aliphatic heterocycles. The molecule has 3 rings (SSSR count). The zero-order valence-electron chi connectivity index (χ0n) is 15.6. The zero-order valence-corrected chi connectivity index (χ0v) is 15.6. The molecule has 1 amide bonds. The largest absolute Gasteiger partial charge is 0.488 e. The summed E-state index contributed by atoms with van der Waals surface area (Å²) in [5.41, 5.74) is 3.04. The normalized spacial score (nSPS) is 15.0. The smallest absolute Gasteiger partial charge is 0.423 e. The molecule has 0 unspecified atom stereocenters. The van der Waals surface area contributed by atoms with Gasteiger partial charge in [-0.1, -0.05) is 43.3 Å². The van der Waals surface area contributed by atoms with Crippen LogP contribution in [0, 0.1) is 5.82 Å². The lowest BCUT2D eigenvalue weighted by Gasteiger charge is -2.32. The summed E-state index contributed by atoms with van der Waals surface area (Å²) in [6, 6.07) is 12.5. The zero-order chi connectivity index (χ0) is 19.4. The molecule has 0 bridgehead atoms. The summed E-state index contributed by atoms with van der Waals surface area (Å²) in [6.07, 6.45) is 2.74. The Bertz CT molecular complexity index is 804. The highest BCUT2D eigenvalue weighted by Crippen LogP contribution is 2.29. The van der Waals surface area contributed by atoms with Crippen molar-refractivity contribution in [1.29, 1.82) is 0 Å². The van der Waals surface area contributed by atoms with Crippen molar-refractivity contribution in [3.63, 3.8) is 0 Å². The van der Waals surface area contributed by atoms with Crippen LogP contribution in [-0.4, -0.2) is 41.1 Å². The Morgan fingerprint density at radius 2 is 1.93 bits per heavy atom. The SMILES string of the molecule is CCc1cccc(C2CCN(C(=O)Cc3cc(B(O)O)ccc3F)CC2)c1. The third-order valence-electron chi connectivity index (χ3n) is 5.39. The van der Waals surface area contributed by atoms with Gasteiger partial charge in [-0.15, -0.1) is 0 Å². The fourth-order valence-corrected chi connectivity index (χ4v) is 3.69. The Balaban J connectivity index is 1.61. The Kier molecular flexibility index (Phi) is 6.29. The van der Waals surface area contributed by atoms with E-state index < -0.39 is 12.9 Å². The van der Waals surface area contributed by atoms with Crippen LogP contribution in [0.5, 0.6) is 0 Å². The average molecular weight is 369 g/mol. The predicted octanol–water partition coefficient (Wildman–Crippen LogP) is 2.02. The van der Waals surface area contributed by atoms with Crippen LogP contribution in [0.4, 0.5) is 4.39 Å². The predicted molar refractivity (Wildman–Crippen MR) is 104 cm³/mol. The number of rotatable bonds is 5. The quantitative estimate of drug-likeness (QED) is 0.793. The number of halogens is 1. The van der Waals surface area contributed by atoms with E-state index in [4.69, 9.17) is 0 Å². The van der Waals surface area contributed by atoms with Crippen LogP contribution in [0.3, 0.4) is 0 Å². The number of hydrogen-bond donors (Lipinski definition) is 2. The first-order valence-corrected chi connectivity index (χ1v) is 9.49. The van der Waals surface area contributed by atoms with Gasteiger partial charge in [0, 0.05) is 13.1 Å². The fraction of sp³-hybridized carbons (Fsp3) is 0.381. The van der Waals surface area contributed by atoms with E-state index in [1.807, 2.05) is 0 Å². The van der Waals surface area contributed by atoms with Gasteiger partial charge in [0.1, 0.15) is 5.82 Å². The number of benzene rings is 2. The molecule has 6 heteroatoms. The highest BCUT2D eigenvalue weighted by molar-refractivity contribution is 6.58. The summed E-state index contributed by atoms with van der Waals surface area (Å²) in [7, 11) is -1.67. The van der Waals surface area contributed by atoms with E-state index in [2.05, 4.69) is 31.2 Å². The van der Waals surface area contributed by atoms with Gasteiger partial charge in [0.25, 0.3) is 0 Å². The van der Waals surface area contributed by atoms with Gasteiger partial charge in [-0.25, -0.2) is 4.39 Å². The molecule has 0 saturated carbocycles. The lowest BCUT2D eigenvalue weighted by atomic mass is 9.79. The van der Waals surface area contributed by atoms with Crippen LogP contribution in [-0.2, 0) is 17.6 Å². The molecule has 1 fully saturated rings. The van der Waals surface area contributed by atoms with Gasteiger partial charge in [0.15, 0.2) is 0 Å². The molecule has 27 heavy (non-hydrogen) atoms. The Hall–Kier alpha value is -2.18. The lowest BCUT2D eigenvalue weighted by molar-refractivity contribution is -0.131. The van der Waals surface area contributed by atoms with Gasteiger partial charge in [-0.3, -0.25) is 4.79 Å². The number of piperidine rings is 1. The second-order valence-corrected chi connectivity index (χ2v) is 7.15. The molecule has 142 valence electrons.